The van der Waals surface area contributed by atoms with Gasteiger partial charge in [0, 0.05) is 28.2 Å². The minimum atomic E-state index is -0.521. The highest BCUT2D eigenvalue weighted by atomic mass is 16.4. The van der Waals surface area contributed by atoms with Crippen LogP contribution in [-0.2, 0) is 5.41 Å². The van der Waals surface area contributed by atoms with Gasteiger partial charge in [-0.15, -0.1) is 0 Å². The van der Waals surface area contributed by atoms with E-state index in [4.69, 9.17) is 9.40 Å². The Labute approximate surface area is 325 Å². The number of nitrogens with zero attached hydrogens (tertiary/aromatic N) is 3. The molecule has 4 heteroatoms. The number of hydrogen-bond donors (Lipinski definition) is 0. The number of imidazole rings is 1. The molecular weight excluding hydrogens is 683 g/mol. The van der Waals surface area contributed by atoms with E-state index >= 15 is 0 Å². The summed E-state index contributed by atoms with van der Waals surface area (Å²) in [6.07, 6.45) is 0. The first-order valence-electron chi connectivity index (χ1n) is 19.1. The second kappa shape index (κ2) is 12.9. The Morgan fingerprint density at radius 3 is 1.62 bits per heavy atom. The molecule has 0 saturated carbocycles. The van der Waals surface area contributed by atoms with Gasteiger partial charge in [0.25, 0.3) is 0 Å². The number of aromatic nitrogens is 2. The summed E-state index contributed by atoms with van der Waals surface area (Å²) in [6.45, 7) is 0. The van der Waals surface area contributed by atoms with Gasteiger partial charge < -0.3 is 9.32 Å². The van der Waals surface area contributed by atoms with Gasteiger partial charge in [-0.3, -0.25) is 4.40 Å². The highest BCUT2D eigenvalue weighted by molar-refractivity contribution is 5.92. The van der Waals surface area contributed by atoms with Crippen LogP contribution in [0.15, 0.2) is 217 Å². The highest BCUT2D eigenvalue weighted by Gasteiger charge is 2.46. The summed E-state index contributed by atoms with van der Waals surface area (Å²) in [6, 6.07) is 75.7. The van der Waals surface area contributed by atoms with E-state index in [-0.39, 0.29) is 0 Å². The van der Waals surface area contributed by atoms with E-state index in [0.29, 0.717) is 5.84 Å². The Morgan fingerprint density at radius 1 is 0.446 bits per heavy atom. The maximum Gasteiger partial charge on any atom is 0.307 e. The monoisotopic (exact) mass is 717 g/mol. The lowest BCUT2D eigenvalue weighted by atomic mass is 9.67. The van der Waals surface area contributed by atoms with Crippen LogP contribution in [0.2, 0.25) is 0 Å². The van der Waals surface area contributed by atoms with Crippen molar-refractivity contribution >= 4 is 34.0 Å². The molecule has 264 valence electrons. The average Bonchev–Trinajstić information content (AvgIpc) is 3.92. The smallest absolute Gasteiger partial charge is 0.307 e. The molecule has 0 radical (unpaired) electrons. The van der Waals surface area contributed by atoms with Crippen molar-refractivity contribution in [2.75, 3.05) is 4.90 Å². The van der Waals surface area contributed by atoms with Crippen LogP contribution < -0.4 is 4.90 Å². The number of benzene rings is 8. The predicted molar refractivity (Wildman–Crippen MR) is 228 cm³/mol. The summed E-state index contributed by atoms with van der Waals surface area (Å²) in [5.41, 5.74) is 16.0. The van der Waals surface area contributed by atoms with Crippen LogP contribution in [0, 0.1) is 0 Å². The molecule has 0 amide bonds. The molecule has 2 heterocycles. The molecule has 0 bridgehead atoms. The van der Waals surface area contributed by atoms with Gasteiger partial charge in [-0.1, -0.05) is 158 Å². The fourth-order valence-electron chi connectivity index (χ4n) is 8.95. The molecule has 0 N–H and O–H groups in total. The van der Waals surface area contributed by atoms with Gasteiger partial charge in [-0.2, -0.15) is 4.98 Å². The first kappa shape index (κ1) is 32.0. The van der Waals surface area contributed by atoms with Crippen LogP contribution in [-0.4, -0.2) is 9.38 Å². The zero-order valence-corrected chi connectivity index (χ0v) is 30.5. The van der Waals surface area contributed by atoms with Crippen molar-refractivity contribution in [2.24, 2.45) is 0 Å². The number of fused-ring (bicyclic) bond motifs is 6. The Kier molecular flexibility index (Phi) is 7.36. The van der Waals surface area contributed by atoms with Crippen molar-refractivity contribution in [3.8, 4) is 33.6 Å². The maximum atomic E-state index is 6.46. The summed E-state index contributed by atoms with van der Waals surface area (Å²) >= 11 is 0. The maximum absolute atomic E-state index is 6.46. The molecular formula is C52H35N3O. The van der Waals surface area contributed by atoms with Gasteiger partial charge >= 0.3 is 5.84 Å². The number of oxazole rings is 1. The molecule has 2 aromatic heterocycles. The van der Waals surface area contributed by atoms with Crippen LogP contribution in [0.1, 0.15) is 22.3 Å². The van der Waals surface area contributed by atoms with Gasteiger partial charge in [-0.25, -0.2) is 0 Å². The van der Waals surface area contributed by atoms with E-state index < -0.39 is 5.41 Å². The van der Waals surface area contributed by atoms with Gasteiger partial charge in [-0.05, 0) is 88.0 Å². The second-order valence-electron chi connectivity index (χ2n) is 14.3. The van der Waals surface area contributed by atoms with Crippen LogP contribution in [0.25, 0.3) is 50.6 Å². The van der Waals surface area contributed by atoms with Crippen LogP contribution in [0.4, 0.5) is 17.1 Å². The van der Waals surface area contributed by atoms with Gasteiger partial charge in [0.2, 0.25) is 0 Å². The Balaban J connectivity index is 1.14. The molecule has 1 aliphatic carbocycles. The molecule has 1 aliphatic rings. The first-order valence-corrected chi connectivity index (χ1v) is 19.1. The Bertz CT molecular complexity index is 2930. The number of hydrogen-bond acceptors (Lipinski definition) is 3. The molecule has 0 saturated heterocycles. The van der Waals surface area contributed by atoms with Crippen LogP contribution >= 0.6 is 0 Å². The molecule has 0 unspecified atom stereocenters. The average molecular weight is 718 g/mol. The third-order valence-corrected chi connectivity index (χ3v) is 11.3. The zero-order valence-electron chi connectivity index (χ0n) is 30.5. The molecule has 0 aliphatic heterocycles. The largest absolute Gasteiger partial charge is 0.423 e. The highest BCUT2D eigenvalue weighted by Crippen LogP contribution is 2.57. The molecule has 11 rings (SSSR count). The Hall–Kier alpha value is -7.43. The molecule has 10 aromatic rings. The summed E-state index contributed by atoms with van der Waals surface area (Å²) in [7, 11) is 0. The quantitative estimate of drug-likeness (QED) is 0.165. The summed E-state index contributed by atoms with van der Waals surface area (Å²) < 4.78 is 8.65. The van der Waals surface area contributed by atoms with Gasteiger partial charge in [0.05, 0.1) is 16.6 Å². The number of para-hydroxylation sites is 4. The predicted octanol–water partition coefficient (Wildman–Crippen LogP) is 13.2. The Morgan fingerprint density at radius 2 is 0.964 bits per heavy atom. The first-order chi connectivity index (χ1) is 27.8. The van der Waals surface area contributed by atoms with E-state index in [9.17, 15) is 0 Å². The lowest BCUT2D eigenvalue weighted by Crippen LogP contribution is -2.28. The van der Waals surface area contributed by atoms with Gasteiger partial charge in [0.1, 0.15) is 5.69 Å². The molecule has 4 nitrogen and oxygen atoms in total. The van der Waals surface area contributed by atoms with E-state index in [0.717, 1.165) is 50.7 Å². The summed E-state index contributed by atoms with van der Waals surface area (Å²) in [5.74, 6) is 0.566. The van der Waals surface area contributed by atoms with Crippen LogP contribution in [0.3, 0.4) is 0 Å². The van der Waals surface area contributed by atoms with E-state index in [1.54, 1.807) is 0 Å². The normalized spacial score (nSPS) is 12.8. The molecule has 8 aromatic carbocycles. The molecule has 0 atom stereocenters. The minimum Gasteiger partial charge on any atom is -0.423 e. The van der Waals surface area contributed by atoms with Crippen LogP contribution in [0.5, 0.6) is 0 Å². The van der Waals surface area contributed by atoms with Gasteiger partial charge in [0.15, 0.2) is 5.58 Å². The third kappa shape index (κ3) is 4.83. The standard InChI is InChI=1S/C52H35N3O/c1-5-17-38(18-6-1)52(39-19-7-2-8-20-39)45-26-14-13-25-43(45)44-34-31-37(35-46(44)52)50-49(53-51-55(50)47-27-15-16-28-48(47)56-51)36-29-32-42(33-30-36)54(40-21-9-3-10-22-40)41-23-11-4-12-24-41/h1-35H. The topological polar surface area (TPSA) is 33.7 Å². The lowest BCUT2D eigenvalue weighted by molar-refractivity contribution is 0.642. The fourth-order valence-corrected chi connectivity index (χ4v) is 8.95. The fraction of sp³-hybridized carbons (Fsp3) is 0.0192. The van der Waals surface area contributed by atoms with E-state index in [2.05, 4.69) is 209 Å². The van der Waals surface area contributed by atoms with Crippen molar-refractivity contribution in [1.29, 1.82) is 0 Å². The minimum absolute atomic E-state index is 0.521. The number of rotatable bonds is 7. The van der Waals surface area contributed by atoms with E-state index in [1.807, 2.05) is 12.1 Å². The second-order valence-corrected chi connectivity index (χ2v) is 14.3. The van der Waals surface area contributed by atoms with Crippen molar-refractivity contribution in [2.45, 2.75) is 5.41 Å². The SMILES string of the molecule is c1ccc(N(c2ccccc2)c2ccc(-c3nc4oc5ccccc5n4c3-c3ccc4c(c3)C(c3ccccc3)(c3ccccc3)c3ccccc3-4)cc2)cc1. The molecule has 56 heavy (non-hydrogen) atoms. The van der Waals surface area contributed by atoms with Crippen molar-refractivity contribution in [3.05, 3.63) is 235 Å². The lowest BCUT2D eigenvalue weighted by Gasteiger charge is -2.34. The third-order valence-electron chi connectivity index (χ3n) is 11.3. The number of anilines is 3. The van der Waals surface area contributed by atoms with Crippen molar-refractivity contribution < 1.29 is 4.42 Å². The molecule has 0 fully saturated rings. The van der Waals surface area contributed by atoms with Crippen molar-refractivity contribution in [3.63, 3.8) is 0 Å². The zero-order chi connectivity index (χ0) is 37.1. The van der Waals surface area contributed by atoms with E-state index in [1.165, 1.54) is 33.4 Å². The summed E-state index contributed by atoms with van der Waals surface area (Å²) in [5, 5.41) is 0. The van der Waals surface area contributed by atoms with Crippen molar-refractivity contribution in [1.82, 2.24) is 9.38 Å². The molecule has 0 spiro atoms. The summed E-state index contributed by atoms with van der Waals surface area (Å²) in [4.78, 5) is 7.54.